The third kappa shape index (κ3) is 3.72. The number of morpholine rings is 1. The molecule has 0 aromatic heterocycles. The van der Waals surface area contributed by atoms with Gasteiger partial charge in [0.2, 0.25) is 5.91 Å². The average Bonchev–Trinajstić information content (AvgIpc) is 2.50. The Hall–Kier alpha value is -2.08. The number of methoxy groups -OCH3 is 1. The first kappa shape index (κ1) is 15.3. The summed E-state index contributed by atoms with van der Waals surface area (Å²) in [5.74, 6) is 0.187. The van der Waals surface area contributed by atoms with Crippen molar-refractivity contribution >= 4 is 17.5 Å². The van der Waals surface area contributed by atoms with Gasteiger partial charge in [-0.2, -0.15) is 0 Å². The highest BCUT2D eigenvalue weighted by Crippen LogP contribution is 2.23. The fraction of sp³-hybridized carbons (Fsp3) is 0.467. The van der Waals surface area contributed by atoms with E-state index in [-0.39, 0.29) is 18.2 Å². The maximum absolute atomic E-state index is 12.1. The Morgan fingerprint density at radius 2 is 2.24 bits per heavy atom. The lowest BCUT2D eigenvalue weighted by molar-refractivity contribution is -0.154. The maximum atomic E-state index is 12.1. The lowest BCUT2D eigenvalue weighted by Gasteiger charge is -2.31. The summed E-state index contributed by atoms with van der Waals surface area (Å²) in [6.45, 7) is 3.59. The summed E-state index contributed by atoms with van der Waals surface area (Å²) >= 11 is 0. The van der Waals surface area contributed by atoms with Crippen LogP contribution in [0.25, 0.3) is 0 Å². The van der Waals surface area contributed by atoms with E-state index >= 15 is 0 Å². The van der Waals surface area contributed by atoms with Crippen LogP contribution in [0.2, 0.25) is 0 Å². The Balaban J connectivity index is 1.97. The first-order valence-corrected chi connectivity index (χ1v) is 6.99. The number of likely N-dealkylation sites (N-methyl/N-ethyl adjacent to an activating group) is 1. The summed E-state index contributed by atoms with van der Waals surface area (Å²) < 4.78 is 10.6. The highest BCUT2D eigenvalue weighted by molar-refractivity contribution is 5.96. The van der Waals surface area contributed by atoms with Crippen molar-refractivity contribution in [3.05, 3.63) is 24.3 Å². The first-order valence-electron chi connectivity index (χ1n) is 6.99. The van der Waals surface area contributed by atoms with E-state index < -0.39 is 6.10 Å². The monoisotopic (exact) mass is 292 g/mol. The van der Waals surface area contributed by atoms with Crippen LogP contribution in [0.4, 0.5) is 5.69 Å². The van der Waals surface area contributed by atoms with Gasteiger partial charge in [0.1, 0.15) is 11.9 Å². The lowest BCUT2D eigenvalue weighted by Crippen LogP contribution is -2.48. The topological polar surface area (TPSA) is 67.9 Å². The molecule has 0 radical (unpaired) electrons. The van der Waals surface area contributed by atoms with E-state index in [4.69, 9.17) is 9.47 Å². The van der Waals surface area contributed by atoms with Crippen LogP contribution in [0.3, 0.4) is 0 Å². The number of para-hydroxylation sites is 2. The van der Waals surface area contributed by atoms with E-state index in [0.29, 0.717) is 31.1 Å². The molecule has 0 aliphatic carbocycles. The van der Waals surface area contributed by atoms with Gasteiger partial charge in [0.05, 0.1) is 25.8 Å². The minimum Gasteiger partial charge on any atom is -0.495 e. The molecule has 114 valence electrons. The van der Waals surface area contributed by atoms with Crippen molar-refractivity contribution in [2.45, 2.75) is 19.4 Å². The Labute approximate surface area is 124 Å². The molecule has 1 fully saturated rings. The number of amides is 2. The molecule has 6 heteroatoms. The van der Waals surface area contributed by atoms with Gasteiger partial charge in [-0.05, 0) is 19.1 Å². The van der Waals surface area contributed by atoms with Gasteiger partial charge >= 0.3 is 0 Å². The molecule has 1 atom stereocenters. The molecule has 1 saturated heterocycles. The molecule has 1 unspecified atom stereocenters. The number of nitrogens with zero attached hydrogens (tertiary/aromatic N) is 1. The quantitative estimate of drug-likeness (QED) is 0.887. The summed E-state index contributed by atoms with van der Waals surface area (Å²) in [4.78, 5) is 25.8. The van der Waals surface area contributed by atoms with Crippen molar-refractivity contribution in [3.8, 4) is 5.75 Å². The zero-order valence-corrected chi connectivity index (χ0v) is 12.3. The Morgan fingerprint density at radius 1 is 1.48 bits per heavy atom. The van der Waals surface area contributed by atoms with Gasteiger partial charge in [-0.15, -0.1) is 0 Å². The van der Waals surface area contributed by atoms with Crippen molar-refractivity contribution in [2.75, 3.05) is 32.1 Å². The van der Waals surface area contributed by atoms with Gasteiger partial charge in [0.15, 0.2) is 0 Å². The van der Waals surface area contributed by atoms with Crippen LogP contribution in [0.5, 0.6) is 5.75 Å². The molecule has 1 aliphatic rings. The van der Waals surface area contributed by atoms with E-state index in [1.54, 1.807) is 23.1 Å². The highest BCUT2D eigenvalue weighted by atomic mass is 16.5. The smallest absolute Gasteiger partial charge is 0.252 e. The maximum Gasteiger partial charge on any atom is 0.252 e. The van der Waals surface area contributed by atoms with E-state index in [2.05, 4.69) is 5.32 Å². The number of hydrogen-bond donors (Lipinski definition) is 1. The first-order chi connectivity index (χ1) is 10.2. The molecule has 0 spiro atoms. The molecular weight excluding hydrogens is 272 g/mol. The third-order valence-electron chi connectivity index (χ3n) is 3.40. The fourth-order valence-corrected chi connectivity index (χ4v) is 2.27. The van der Waals surface area contributed by atoms with Crippen molar-refractivity contribution in [1.82, 2.24) is 4.90 Å². The number of anilines is 1. The molecule has 1 N–H and O–H groups in total. The van der Waals surface area contributed by atoms with Crippen molar-refractivity contribution in [1.29, 1.82) is 0 Å². The zero-order chi connectivity index (χ0) is 15.2. The molecule has 1 aromatic rings. The summed E-state index contributed by atoms with van der Waals surface area (Å²) in [7, 11) is 1.54. The molecule has 6 nitrogen and oxygen atoms in total. The largest absolute Gasteiger partial charge is 0.495 e. The fourth-order valence-electron chi connectivity index (χ4n) is 2.27. The van der Waals surface area contributed by atoms with Crippen LogP contribution in [-0.2, 0) is 14.3 Å². The van der Waals surface area contributed by atoms with Gasteiger partial charge in [-0.3, -0.25) is 9.59 Å². The van der Waals surface area contributed by atoms with Crippen LogP contribution >= 0.6 is 0 Å². The Kier molecular flexibility index (Phi) is 5.16. The van der Waals surface area contributed by atoms with Crippen LogP contribution in [0, 0.1) is 0 Å². The summed E-state index contributed by atoms with van der Waals surface area (Å²) in [5.41, 5.74) is 0.584. The molecule has 2 rings (SSSR count). The number of carbonyl (C=O) groups is 2. The lowest BCUT2D eigenvalue weighted by atomic mass is 10.1. The average molecular weight is 292 g/mol. The third-order valence-corrected chi connectivity index (χ3v) is 3.40. The number of hydrogen-bond acceptors (Lipinski definition) is 4. The SMILES string of the molecule is CCN1CCOC(CC(=O)Nc2ccccc2OC)C1=O. The summed E-state index contributed by atoms with van der Waals surface area (Å²) in [6, 6.07) is 7.13. The van der Waals surface area contributed by atoms with Gasteiger partial charge in [-0.1, -0.05) is 12.1 Å². The predicted molar refractivity (Wildman–Crippen MR) is 78.2 cm³/mol. The van der Waals surface area contributed by atoms with E-state index in [9.17, 15) is 9.59 Å². The molecule has 21 heavy (non-hydrogen) atoms. The Morgan fingerprint density at radius 3 is 2.95 bits per heavy atom. The normalized spacial score (nSPS) is 18.5. The Bertz CT molecular complexity index is 518. The van der Waals surface area contributed by atoms with Crippen LogP contribution in [0.15, 0.2) is 24.3 Å². The predicted octanol–water partition coefficient (Wildman–Crippen LogP) is 1.27. The number of rotatable bonds is 5. The van der Waals surface area contributed by atoms with Gasteiger partial charge in [0.25, 0.3) is 5.91 Å². The second-order valence-corrected chi connectivity index (χ2v) is 4.73. The molecule has 0 bridgehead atoms. The summed E-state index contributed by atoms with van der Waals surface area (Å²) in [6.07, 6.45) is -0.693. The number of carbonyl (C=O) groups excluding carboxylic acids is 2. The standard InChI is InChI=1S/C15H20N2O4/c1-3-17-8-9-21-13(15(17)19)10-14(18)16-11-6-4-5-7-12(11)20-2/h4-7,13H,3,8-10H2,1-2H3,(H,16,18). The minimum atomic E-state index is -0.701. The number of benzene rings is 1. The van der Waals surface area contributed by atoms with E-state index in [1.165, 1.54) is 7.11 Å². The van der Waals surface area contributed by atoms with Crippen LogP contribution < -0.4 is 10.1 Å². The van der Waals surface area contributed by atoms with E-state index in [1.807, 2.05) is 13.0 Å². The molecule has 1 aliphatic heterocycles. The van der Waals surface area contributed by atoms with Crippen molar-refractivity contribution < 1.29 is 19.1 Å². The second kappa shape index (κ2) is 7.08. The molecule has 2 amide bonds. The van der Waals surface area contributed by atoms with Gasteiger partial charge < -0.3 is 19.7 Å². The molecular formula is C15H20N2O4. The molecule has 1 heterocycles. The van der Waals surface area contributed by atoms with Crippen molar-refractivity contribution in [2.24, 2.45) is 0 Å². The van der Waals surface area contributed by atoms with E-state index in [0.717, 1.165) is 0 Å². The van der Waals surface area contributed by atoms with Gasteiger partial charge in [0, 0.05) is 13.1 Å². The summed E-state index contributed by atoms with van der Waals surface area (Å²) in [5, 5.41) is 2.75. The minimum absolute atomic E-state index is 0.00732. The molecule has 0 saturated carbocycles. The zero-order valence-electron chi connectivity index (χ0n) is 12.3. The van der Waals surface area contributed by atoms with Crippen molar-refractivity contribution in [3.63, 3.8) is 0 Å². The molecule has 1 aromatic carbocycles. The van der Waals surface area contributed by atoms with Crippen LogP contribution in [-0.4, -0.2) is 49.6 Å². The second-order valence-electron chi connectivity index (χ2n) is 4.73. The number of nitrogens with one attached hydrogen (secondary N) is 1. The highest BCUT2D eigenvalue weighted by Gasteiger charge is 2.30. The van der Waals surface area contributed by atoms with Gasteiger partial charge in [-0.25, -0.2) is 0 Å². The van der Waals surface area contributed by atoms with Crippen LogP contribution in [0.1, 0.15) is 13.3 Å². The number of ether oxygens (including phenoxy) is 2.